The van der Waals surface area contributed by atoms with Crippen molar-refractivity contribution in [3.05, 3.63) is 52.6 Å². The molecule has 6 nitrogen and oxygen atoms in total. The van der Waals surface area contributed by atoms with Crippen molar-refractivity contribution in [3.63, 3.8) is 0 Å². The number of nitrogens with zero attached hydrogens (tertiary/aromatic N) is 4. The van der Waals surface area contributed by atoms with E-state index in [0.29, 0.717) is 5.92 Å². The number of aryl methyl sites for hydroxylation is 2. The van der Waals surface area contributed by atoms with Gasteiger partial charge in [0.1, 0.15) is 11.9 Å². The van der Waals surface area contributed by atoms with Crippen LogP contribution in [0.15, 0.2) is 24.3 Å². The van der Waals surface area contributed by atoms with Gasteiger partial charge in [0.2, 0.25) is 0 Å². The van der Waals surface area contributed by atoms with Crippen molar-refractivity contribution >= 4 is 43.2 Å². The molecule has 2 aromatic rings. The summed E-state index contributed by atoms with van der Waals surface area (Å²) < 4.78 is 16.5. The fourth-order valence-electron chi connectivity index (χ4n) is 8.14. The molecule has 1 aliphatic heterocycles. The van der Waals surface area contributed by atoms with Gasteiger partial charge in [-0.15, -0.1) is 37.2 Å². The minimum atomic E-state index is -0.757. The number of likely N-dealkylation sites (tertiary alicyclic amines) is 1. The second kappa shape index (κ2) is 14.4. The van der Waals surface area contributed by atoms with E-state index in [0.717, 1.165) is 51.0 Å². The van der Waals surface area contributed by atoms with Crippen molar-refractivity contribution in [1.82, 2.24) is 19.6 Å². The molecule has 10 heteroatoms. The molecular formula is C31H48Cl3FN4O2. The molecule has 1 aromatic heterocycles. The highest BCUT2D eigenvalue weighted by atomic mass is 35.5. The molecule has 1 spiro atoms. The Hall–Kier alpha value is -1.38. The van der Waals surface area contributed by atoms with Gasteiger partial charge in [-0.25, -0.2) is 4.39 Å². The Labute approximate surface area is 263 Å². The Morgan fingerprint density at radius 2 is 1.85 bits per heavy atom. The number of likely N-dealkylation sites (N-methyl/N-ethyl adjacent to an activating group) is 1. The summed E-state index contributed by atoms with van der Waals surface area (Å²) in [5, 5.41) is 14.8. The average molecular weight is 634 g/mol. The first-order valence-corrected chi connectivity index (χ1v) is 14.6. The van der Waals surface area contributed by atoms with E-state index in [1.165, 1.54) is 42.3 Å². The van der Waals surface area contributed by atoms with E-state index >= 15 is 0 Å². The predicted molar refractivity (Wildman–Crippen MR) is 170 cm³/mol. The summed E-state index contributed by atoms with van der Waals surface area (Å²) in [4.78, 5) is 16.8. The highest BCUT2D eigenvalue weighted by Gasteiger charge is 2.46. The molecule has 232 valence electrons. The van der Waals surface area contributed by atoms with Gasteiger partial charge in [0.25, 0.3) is 0 Å². The molecule has 3 aliphatic rings. The molecule has 4 atom stereocenters. The zero-order valence-corrected chi connectivity index (χ0v) is 27.5. The Balaban J connectivity index is 0.00000196. The van der Waals surface area contributed by atoms with Gasteiger partial charge >= 0.3 is 5.97 Å². The number of hydrogen-bond acceptors (Lipinski definition) is 4. The second-order valence-electron chi connectivity index (χ2n) is 12.5. The lowest BCUT2D eigenvalue weighted by molar-refractivity contribution is -0.145. The van der Waals surface area contributed by atoms with Crippen LogP contribution in [0.2, 0.25) is 0 Å². The largest absolute Gasteiger partial charge is 0.480 e. The number of halogens is 4. The fourth-order valence-corrected chi connectivity index (χ4v) is 8.14. The van der Waals surface area contributed by atoms with Gasteiger partial charge in [0, 0.05) is 30.2 Å². The summed E-state index contributed by atoms with van der Waals surface area (Å²) >= 11 is 0. The van der Waals surface area contributed by atoms with Crippen LogP contribution in [-0.2, 0) is 23.2 Å². The molecule has 41 heavy (non-hydrogen) atoms. The summed E-state index contributed by atoms with van der Waals surface area (Å²) in [6, 6.07) is 6.74. The number of carbonyl (C=O) groups is 1. The molecule has 0 radical (unpaired) electrons. The van der Waals surface area contributed by atoms with Crippen molar-refractivity contribution < 1.29 is 14.3 Å². The van der Waals surface area contributed by atoms with E-state index in [1.807, 2.05) is 27.0 Å². The molecule has 1 N–H and O–H groups in total. The predicted octanol–water partition coefficient (Wildman–Crippen LogP) is 6.50. The van der Waals surface area contributed by atoms with Crippen LogP contribution in [0, 0.1) is 24.6 Å². The van der Waals surface area contributed by atoms with Gasteiger partial charge in [0.15, 0.2) is 0 Å². The van der Waals surface area contributed by atoms with E-state index in [1.54, 1.807) is 6.07 Å². The van der Waals surface area contributed by atoms with E-state index in [4.69, 9.17) is 5.10 Å². The van der Waals surface area contributed by atoms with Crippen molar-refractivity contribution in [2.75, 3.05) is 26.7 Å². The zero-order chi connectivity index (χ0) is 27.2. The van der Waals surface area contributed by atoms with Crippen LogP contribution < -0.4 is 0 Å². The van der Waals surface area contributed by atoms with E-state index in [2.05, 4.69) is 34.4 Å². The standard InChI is InChI=1S/C31H45FN4O2.3ClH/c1-6-36-29-26(21(4)33-36)10-11-31(29)12-14-35(15-13-31)19-23-17-25(34(5)28(20(2)3)30(37)38)18-27(23)22-8-7-9-24(32)16-22;;;/h7-9,16,20,23,25,27-28H,6,10-15,17-19H2,1-5H3,(H,37,38);3*1H/t23-,25+,27-,28-;;;/m1.../s1. The van der Waals surface area contributed by atoms with Gasteiger partial charge < -0.3 is 10.0 Å². The number of benzene rings is 1. The van der Waals surface area contributed by atoms with Gasteiger partial charge in [-0.3, -0.25) is 14.4 Å². The Bertz CT molecular complexity index is 1170. The number of hydrogen-bond donors (Lipinski definition) is 1. The summed E-state index contributed by atoms with van der Waals surface area (Å²) in [7, 11) is 1.97. The van der Waals surface area contributed by atoms with Crippen molar-refractivity contribution in [1.29, 1.82) is 0 Å². The molecule has 0 amide bonds. The number of piperidine rings is 1. The molecule has 2 fully saturated rings. The summed E-state index contributed by atoms with van der Waals surface area (Å²) in [6.07, 6.45) is 6.54. The lowest BCUT2D eigenvalue weighted by Gasteiger charge is -2.41. The third-order valence-corrected chi connectivity index (χ3v) is 10.1. The van der Waals surface area contributed by atoms with Crippen LogP contribution in [0.5, 0.6) is 0 Å². The van der Waals surface area contributed by atoms with Crippen LogP contribution in [0.1, 0.15) is 81.3 Å². The van der Waals surface area contributed by atoms with Gasteiger partial charge in [-0.1, -0.05) is 26.0 Å². The number of fused-ring (bicyclic) bond motifs is 2. The van der Waals surface area contributed by atoms with Crippen LogP contribution >= 0.6 is 37.2 Å². The average Bonchev–Trinajstić information content (AvgIpc) is 3.55. The molecule has 2 aliphatic carbocycles. The Morgan fingerprint density at radius 3 is 2.44 bits per heavy atom. The molecule has 1 saturated heterocycles. The zero-order valence-electron chi connectivity index (χ0n) is 25.0. The Kier molecular flexibility index (Phi) is 12.6. The van der Waals surface area contributed by atoms with Crippen molar-refractivity contribution in [2.45, 2.75) is 96.2 Å². The van der Waals surface area contributed by atoms with Gasteiger partial charge in [0.05, 0.1) is 5.69 Å². The quantitative estimate of drug-likeness (QED) is 0.360. The normalized spacial score (nSPS) is 24.0. The first-order chi connectivity index (χ1) is 18.1. The lowest BCUT2D eigenvalue weighted by Crippen LogP contribution is -2.47. The molecule has 2 heterocycles. The fraction of sp³-hybridized carbons (Fsp3) is 0.677. The summed E-state index contributed by atoms with van der Waals surface area (Å²) in [5.41, 5.74) is 5.52. The first kappa shape index (κ1) is 35.8. The third kappa shape index (κ3) is 6.90. The minimum absolute atomic E-state index is 0. The molecule has 0 bridgehead atoms. The number of aliphatic carboxylic acids is 1. The molecule has 1 saturated carbocycles. The number of carboxylic acid groups (broad SMARTS) is 1. The van der Waals surface area contributed by atoms with Gasteiger partial charge in [-0.05, 0) is 114 Å². The van der Waals surface area contributed by atoms with Crippen LogP contribution in [0.25, 0.3) is 0 Å². The van der Waals surface area contributed by atoms with Gasteiger partial charge in [-0.2, -0.15) is 5.10 Å². The second-order valence-corrected chi connectivity index (χ2v) is 12.5. The topological polar surface area (TPSA) is 61.6 Å². The maximum atomic E-state index is 14.3. The molecule has 5 rings (SSSR count). The Morgan fingerprint density at radius 1 is 1.17 bits per heavy atom. The maximum absolute atomic E-state index is 14.3. The lowest BCUT2D eigenvalue weighted by atomic mass is 9.75. The number of carboxylic acids is 1. The van der Waals surface area contributed by atoms with Crippen LogP contribution in [0.4, 0.5) is 4.39 Å². The molecular weight excluding hydrogens is 586 g/mol. The van der Waals surface area contributed by atoms with Crippen molar-refractivity contribution in [2.24, 2.45) is 11.8 Å². The smallest absolute Gasteiger partial charge is 0.321 e. The summed E-state index contributed by atoms with van der Waals surface area (Å²) in [5.74, 6) is -0.310. The molecule has 1 aromatic carbocycles. The minimum Gasteiger partial charge on any atom is -0.480 e. The third-order valence-electron chi connectivity index (χ3n) is 10.1. The SMILES string of the molecule is CCn1nc(C)c2c1C1(CC2)CCN(C[C@H]2C[C@H](N(C)[C@@H](C(=O)O)C(C)C)C[C@@H]2c2cccc(F)c2)CC1.Cl.Cl.Cl. The van der Waals surface area contributed by atoms with E-state index < -0.39 is 12.0 Å². The van der Waals surface area contributed by atoms with Crippen LogP contribution in [-0.4, -0.2) is 69.4 Å². The van der Waals surface area contributed by atoms with Crippen LogP contribution in [0.3, 0.4) is 0 Å². The monoisotopic (exact) mass is 632 g/mol. The number of rotatable bonds is 8. The molecule has 0 unspecified atom stereocenters. The first-order valence-electron chi connectivity index (χ1n) is 14.6. The highest BCUT2D eigenvalue weighted by molar-refractivity contribution is 5.86. The van der Waals surface area contributed by atoms with E-state index in [9.17, 15) is 14.3 Å². The number of aromatic nitrogens is 2. The van der Waals surface area contributed by atoms with E-state index in [-0.39, 0.29) is 66.3 Å². The van der Waals surface area contributed by atoms with Crippen molar-refractivity contribution in [3.8, 4) is 0 Å². The maximum Gasteiger partial charge on any atom is 0.321 e. The highest BCUT2D eigenvalue weighted by Crippen LogP contribution is 2.48. The summed E-state index contributed by atoms with van der Waals surface area (Å²) in [6.45, 7) is 12.4.